The summed E-state index contributed by atoms with van der Waals surface area (Å²) in [5, 5.41) is 10.3. The molecule has 5 rings (SSSR count). The SMILES string of the molecule is COCCCC(C)=C1COC(CC(C)C)/C1=C\C1N=C2OC1COC(=O)[C@@H](CC(C)C)CC(=O)OC1C(OC(=O)C1(C)CO)/C(C)=C/Cc1ccc2[nH]1. The van der Waals surface area contributed by atoms with Crippen LogP contribution in [0.1, 0.15) is 92.0 Å². The fraction of sp³-hybridized carbons (Fsp3) is 0.659. The Bertz CT molecular complexity index is 1620. The van der Waals surface area contributed by atoms with Crippen LogP contribution in [0.25, 0.3) is 0 Å². The minimum absolute atomic E-state index is 0.0741. The van der Waals surface area contributed by atoms with Crippen LogP contribution >= 0.6 is 0 Å². The number of ether oxygens (including phenoxy) is 6. The van der Waals surface area contributed by atoms with E-state index in [0.717, 1.165) is 30.5 Å². The first-order valence-electron chi connectivity index (χ1n) is 19.0. The van der Waals surface area contributed by atoms with Gasteiger partial charge < -0.3 is 38.5 Å². The molecule has 7 atom stereocenters. The largest absolute Gasteiger partial charge is 0.467 e. The monoisotopic (exact) mass is 738 g/mol. The average Bonchev–Trinajstić information content (AvgIpc) is 3.89. The quantitative estimate of drug-likeness (QED) is 0.135. The number of nitrogens with zero attached hydrogens (tertiary/aromatic N) is 1. The normalized spacial score (nSPS) is 32.4. The molecule has 53 heavy (non-hydrogen) atoms. The Kier molecular flexibility index (Phi) is 13.4. The number of cyclic esters (lactones) is 1. The van der Waals surface area contributed by atoms with Crippen LogP contribution in [0.5, 0.6) is 0 Å². The van der Waals surface area contributed by atoms with Gasteiger partial charge in [-0.25, -0.2) is 4.99 Å². The van der Waals surface area contributed by atoms with Gasteiger partial charge in [0.2, 0.25) is 5.90 Å². The van der Waals surface area contributed by atoms with Crippen LogP contribution in [0, 0.1) is 23.2 Å². The topological polar surface area (TPSA) is 155 Å². The van der Waals surface area contributed by atoms with Crippen molar-refractivity contribution in [3.63, 3.8) is 0 Å². The molecule has 4 aliphatic heterocycles. The molecule has 4 aliphatic rings. The number of hydrogen-bond donors (Lipinski definition) is 2. The van der Waals surface area contributed by atoms with Gasteiger partial charge in [0.25, 0.3) is 0 Å². The Morgan fingerprint density at radius 3 is 2.57 bits per heavy atom. The number of carbonyl (C=O) groups is 3. The summed E-state index contributed by atoms with van der Waals surface area (Å²) in [4.78, 5) is 48.7. The van der Waals surface area contributed by atoms with E-state index in [1.165, 1.54) is 18.1 Å². The van der Waals surface area contributed by atoms with Crippen LogP contribution in [0.3, 0.4) is 0 Å². The van der Waals surface area contributed by atoms with Gasteiger partial charge in [-0.05, 0) is 93.2 Å². The highest BCUT2D eigenvalue weighted by atomic mass is 16.6. The first-order chi connectivity index (χ1) is 25.2. The lowest BCUT2D eigenvalue weighted by atomic mass is 9.83. The highest BCUT2D eigenvalue weighted by molar-refractivity contribution is 5.94. The maximum atomic E-state index is 13.8. The molecule has 12 nitrogen and oxygen atoms in total. The molecule has 0 amide bonds. The number of nitrogens with one attached hydrogen (secondary N) is 1. The van der Waals surface area contributed by atoms with Crippen LogP contribution in [-0.4, -0.2) is 97.9 Å². The first-order valence-corrected chi connectivity index (χ1v) is 19.0. The van der Waals surface area contributed by atoms with Gasteiger partial charge >= 0.3 is 17.9 Å². The Morgan fingerprint density at radius 1 is 1.11 bits per heavy atom. The van der Waals surface area contributed by atoms with Crippen molar-refractivity contribution in [2.45, 2.75) is 117 Å². The third-order valence-electron chi connectivity index (χ3n) is 10.6. The van der Waals surface area contributed by atoms with Gasteiger partial charge in [-0.2, -0.15) is 0 Å². The summed E-state index contributed by atoms with van der Waals surface area (Å²) in [6, 6.07) is 3.36. The summed E-state index contributed by atoms with van der Waals surface area (Å²) in [7, 11) is 1.71. The molecule has 12 heteroatoms. The lowest BCUT2D eigenvalue weighted by molar-refractivity contribution is -0.164. The number of methoxy groups -OCH3 is 1. The molecule has 5 heterocycles. The number of aromatic nitrogens is 1. The average molecular weight is 739 g/mol. The minimum Gasteiger partial charge on any atom is -0.467 e. The van der Waals surface area contributed by atoms with Crippen molar-refractivity contribution in [1.29, 1.82) is 0 Å². The van der Waals surface area contributed by atoms with E-state index in [0.29, 0.717) is 49.1 Å². The Hall–Kier alpha value is -3.74. The number of fused-ring (bicyclic) bond motifs is 6. The molecule has 2 N–H and O–H groups in total. The second kappa shape index (κ2) is 17.6. The molecule has 292 valence electrons. The van der Waals surface area contributed by atoms with Gasteiger partial charge in [-0.3, -0.25) is 14.4 Å². The predicted octanol–water partition coefficient (Wildman–Crippen LogP) is 5.58. The lowest BCUT2D eigenvalue weighted by Crippen LogP contribution is -2.43. The van der Waals surface area contributed by atoms with Crippen molar-refractivity contribution < 1.29 is 47.9 Å². The van der Waals surface area contributed by atoms with E-state index in [1.54, 1.807) is 14.0 Å². The molecule has 0 radical (unpaired) electrons. The number of aromatic amines is 1. The molecular weight excluding hydrogens is 680 g/mol. The van der Waals surface area contributed by atoms with E-state index in [9.17, 15) is 19.5 Å². The zero-order valence-electron chi connectivity index (χ0n) is 32.6. The van der Waals surface area contributed by atoms with Crippen LogP contribution in [0.4, 0.5) is 0 Å². The zero-order chi connectivity index (χ0) is 38.4. The molecule has 1 aromatic rings. The summed E-state index contributed by atoms with van der Waals surface area (Å²) in [5.74, 6) is -1.78. The van der Waals surface area contributed by atoms with Crippen LogP contribution in [0.15, 0.2) is 51.6 Å². The van der Waals surface area contributed by atoms with Crippen LogP contribution in [-0.2, 0) is 49.2 Å². The number of carbonyl (C=O) groups excluding carboxylic acids is 3. The number of hydrogen-bond acceptors (Lipinski definition) is 11. The van der Waals surface area contributed by atoms with E-state index in [1.807, 2.05) is 32.1 Å². The van der Waals surface area contributed by atoms with Crippen molar-refractivity contribution in [3.8, 4) is 0 Å². The highest BCUT2D eigenvalue weighted by Crippen LogP contribution is 2.40. The number of H-pyrrole nitrogens is 1. The van der Waals surface area contributed by atoms with Crippen LogP contribution in [0.2, 0.25) is 0 Å². The second-order valence-corrected chi connectivity index (χ2v) is 16.0. The van der Waals surface area contributed by atoms with E-state index < -0.39 is 60.2 Å². The minimum atomic E-state index is -1.46. The fourth-order valence-electron chi connectivity index (χ4n) is 7.46. The molecule has 0 aromatic carbocycles. The number of aliphatic hydroxyl groups excluding tert-OH is 1. The Balaban J connectivity index is 1.52. The van der Waals surface area contributed by atoms with Gasteiger partial charge in [0.05, 0.1) is 31.7 Å². The third kappa shape index (κ3) is 9.50. The van der Waals surface area contributed by atoms with E-state index in [-0.39, 0.29) is 25.0 Å². The maximum Gasteiger partial charge on any atom is 0.318 e. The fourth-order valence-corrected chi connectivity index (χ4v) is 7.46. The lowest BCUT2D eigenvalue weighted by Gasteiger charge is -2.28. The van der Waals surface area contributed by atoms with Gasteiger partial charge in [0.1, 0.15) is 23.8 Å². The summed E-state index contributed by atoms with van der Waals surface area (Å²) in [6.45, 7) is 14.3. The van der Waals surface area contributed by atoms with E-state index in [4.69, 9.17) is 33.4 Å². The first kappa shape index (κ1) is 40.4. The van der Waals surface area contributed by atoms with Crippen LogP contribution < -0.4 is 0 Å². The maximum absolute atomic E-state index is 13.8. The smallest absolute Gasteiger partial charge is 0.318 e. The third-order valence-corrected chi connectivity index (χ3v) is 10.6. The Labute approximate surface area is 313 Å². The molecule has 6 unspecified atom stereocenters. The molecule has 0 aliphatic carbocycles. The number of aliphatic hydroxyl groups is 1. The number of aliphatic imine (C=N–C) groups is 1. The summed E-state index contributed by atoms with van der Waals surface area (Å²) in [6.07, 6.45) is 4.56. The Morgan fingerprint density at radius 2 is 1.87 bits per heavy atom. The van der Waals surface area contributed by atoms with Gasteiger partial charge in [0.15, 0.2) is 18.3 Å². The van der Waals surface area contributed by atoms with Gasteiger partial charge in [-0.1, -0.05) is 39.3 Å². The molecule has 0 saturated carbocycles. The van der Waals surface area contributed by atoms with Crippen molar-refractivity contribution in [2.75, 3.05) is 33.5 Å². The van der Waals surface area contributed by atoms with Crippen molar-refractivity contribution >= 4 is 23.8 Å². The van der Waals surface area contributed by atoms with Gasteiger partial charge in [0, 0.05) is 25.8 Å². The van der Waals surface area contributed by atoms with Crippen molar-refractivity contribution in [3.05, 3.63) is 58.0 Å². The van der Waals surface area contributed by atoms with Crippen molar-refractivity contribution in [2.24, 2.45) is 28.2 Å². The molecule has 2 saturated heterocycles. The van der Waals surface area contributed by atoms with E-state index in [2.05, 4.69) is 31.8 Å². The molecule has 0 spiro atoms. The highest BCUT2D eigenvalue weighted by Gasteiger charge is 2.57. The number of esters is 3. The summed E-state index contributed by atoms with van der Waals surface area (Å²) in [5.41, 5.74) is 4.26. The molecule has 4 bridgehead atoms. The van der Waals surface area contributed by atoms with Crippen molar-refractivity contribution in [1.82, 2.24) is 4.98 Å². The number of rotatable bonds is 10. The predicted molar refractivity (Wildman–Crippen MR) is 198 cm³/mol. The molecular formula is C41H58N2O10. The zero-order valence-corrected chi connectivity index (χ0v) is 32.6. The number of allylic oxidation sites excluding steroid dienone is 2. The molecule has 1 aromatic heterocycles. The summed E-state index contributed by atoms with van der Waals surface area (Å²) >= 11 is 0. The van der Waals surface area contributed by atoms with E-state index >= 15 is 0 Å². The molecule has 2 fully saturated rings. The second-order valence-electron chi connectivity index (χ2n) is 16.0. The standard InChI is InChI=1S/C41H58N2O10/c1-23(2)16-27-18-35(45)52-37-36(53-40(47)41(37,7)22-44)26(6)11-12-28-13-14-31(42-28)38-43-32(34(51-38)21-50-39(27)46)19-29-30(25(5)10-9-15-48-8)20-49-33(29)17-24(3)4/h11,13-14,19,23-24,27,32-34,36-37,42,44H,9-10,12,15-18,20-22H2,1-8H3/b26-11+,29-19-,30-25?/t27-,32?,33?,34?,36?,37?,41?/m0/s1. The summed E-state index contributed by atoms with van der Waals surface area (Å²) < 4.78 is 35.7. The van der Waals surface area contributed by atoms with Gasteiger partial charge in [-0.15, -0.1) is 0 Å².